The van der Waals surface area contributed by atoms with Gasteiger partial charge in [0.2, 0.25) is 11.8 Å². The number of carbonyl (C=O) groups is 2. The maximum Gasteiger partial charge on any atom is 0.330 e. The number of nitrogens with one attached hydrogen (secondary N) is 1. The summed E-state index contributed by atoms with van der Waals surface area (Å²) in [6.07, 6.45) is 5.65. The minimum Gasteiger partial charge on any atom is -0.474 e. The Morgan fingerprint density at radius 1 is 1.39 bits per heavy atom. The average Bonchev–Trinajstić information content (AvgIpc) is 2.59. The summed E-state index contributed by atoms with van der Waals surface area (Å²) in [5.74, 6) is -0.413. The Balaban J connectivity index is 1.83. The van der Waals surface area contributed by atoms with E-state index in [4.69, 9.17) is 9.47 Å². The van der Waals surface area contributed by atoms with E-state index in [1.165, 1.54) is 7.11 Å². The van der Waals surface area contributed by atoms with Gasteiger partial charge in [0.1, 0.15) is 6.10 Å². The second-order valence-electron chi connectivity index (χ2n) is 5.01. The number of amides is 1. The van der Waals surface area contributed by atoms with Gasteiger partial charge in [-0.3, -0.25) is 4.79 Å². The number of nitrogens with zero attached hydrogens (tertiary/aromatic N) is 1. The van der Waals surface area contributed by atoms with Gasteiger partial charge in [0.15, 0.2) is 0 Å². The van der Waals surface area contributed by atoms with Gasteiger partial charge in [-0.15, -0.1) is 0 Å². The number of carbonyl (C=O) groups excluding carboxylic acids is 2. The Kier molecular flexibility index (Phi) is 6.56. The maximum absolute atomic E-state index is 11.6. The number of hydrogen-bond donors (Lipinski definition) is 1. The van der Waals surface area contributed by atoms with Gasteiger partial charge >= 0.3 is 5.97 Å². The van der Waals surface area contributed by atoms with Gasteiger partial charge < -0.3 is 19.5 Å². The lowest BCUT2D eigenvalue weighted by Crippen LogP contribution is -2.26. The third-order valence-electron chi connectivity index (χ3n) is 3.29. The highest BCUT2D eigenvalue weighted by atomic mass is 16.5. The second kappa shape index (κ2) is 8.89. The molecule has 1 saturated heterocycles. The first-order valence-electron chi connectivity index (χ1n) is 7.40. The molecule has 124 valence electrons. The van der Waals surface area contributed by atoms with Crippen LogP contribution in [0.1, 0.15) is 18.4 Å². The number of hydrogen-bond acceptors (Lipinski definition) is 6. The molecule has 7 nitrogen and oxygen atoms in total. The summed E-state index contributed by atoms with van der Waals surface area (Å²) in [4.78, 5) is 26.7. The lowest BCUT2D eigenvalue weighted by atomic mass is 10.1. The number of methoxy groups -OCH3 is 1. The predicted octanol–water partition coefficient (Wildman–Crippen LogP) is 0.985. The molecule has 0 unspecified atom stereocenters. The van der Waals surface area contributed by atoms with E-state index in [1.807, 2.05) is 0 Å². The molecule has 1 fully saturated rings. The zero-order valence-electron chi connectivity index (χ0n) is 13.0. The third kappa shape index (κ3) is 6.07. The molecule has 2 rings (SSSR count). The van der Waals surface area contributed by atoms with Crippen LogP contribution in [0.3, 0.4) is 0 Å². The third-order valence-corrected chi connectivity index (χ3v) is 3.29. The number of aromatic nitrogens is 1. The van der Waals surface area contributed by atoms with Gasteiger partial charge in [-0.25, -0.2) is 9.78 Å². The van der Waals surface area contributed by atoms with Gasteiger partial charge in [0.05, 0.1) is 20.3 Å². The molecule has 0 aliphatic carbocycles. The number of ether oxygens (including phenoxy) is 3. The van der Waals surface area contributed by atoms with Crippen LogP contribution in [0, 0.1) is 0 Å². The van der Waals surface area contributed by atoms with Gasteiger partial charge in [-0.05, 0) is 11.6 Å². The van der Waals surface area contributed by atoms with Gasteiger partial charge in [0, 0.05) is 43.8 Å². The molecule has 0 bridgehead atoms. The smallest absolute Gasteiger partial charge is 0.330 e. The molecule has 1 aliphatic rings. The van der Waals surface area contributed by atoms with E-state index in [9.17, 15) is 9.59 Å². The molecule has 7 heteroatoms. The highest BCUT2D eigenvalue weighted by molar-refractivity contribution is 5.94. The Morgan fingerprint density at radius 2 is 2.17 bits per heavy atom. The summed E-state index contributed by atoms with van der Waals surface area (Å²) in [6, 6.07) is 3.58. The molecule has 23 heavy (non-hydrogen) atoms. The number of pyridine rings is 1. The summed E-state index contributed by atoms with van der Waals surface area (Å²) < 4.78 is 15.5. The monoisotopic (exact) mass is 320 g/mol. The first-order chi connectivity index (χ1) is 11.2. The standard InChI is InChI=1S/C16H20N2O5/c1-21-16(20)3-2-14(19)18-11-12-4-7-17-15(10-12)23-13-5-8-22-9-6-13/h2-4,7,10,13H,5-6,8-9,11H2,1H3,(H,18,19)/b3-2+. The van der Waals surface area contributed by atoms with Crippen LogP contribution < -0.4 is 10.1 Å². The molecule has 0 saturated carbocycles. The van der Waals surface area contributed by atoms with E-state index < -0.39 is 5.97 Å². The molecule has 0 radical (unpaired) electrons. The zero-order chi connectivity index (χ0) is 16.5. The zero-order valence-corrected chi connectivity index (χ0v) is 13.0. The van der Waals surface area contributed by atoms with Crippen molar-refractivity contribution in [1.82, 2.24) is 10.3 Å². The molecule has 1 N–H and O–H groups in total. The van der Waals surface area contributed by atoms with E-state index in [0.717, 1.165) is 30.6 Å². The van der Waals surface area contributed by atoms with Crippen molar-refractivity contribution in [3.63, 3.8) is 0 Å². The topological polar surface area (TPSA) is 86.8 Å². The van der Waals surface area contributed by atoms with Crippen molar-refractivity contribution in [2.24, 2.45) is 0 Å². The highest BCUT2D eigenvalue weighted by Gasteiger charge is 2.15. The molecule has 1 amide bonds. The van der Waals surface area contributed by atoms with Crippen LogP contribution in [0.2, 0.25) is 0 Å². The second-order valence-corrected chi connectivity index (χ2v) is 5.01. The van der Waals surface area contributed by atoms with E-state index in [0.29, 0.717) is 25.6 Å². The van der Waals surface area contributed by atoms with Crippen molar-refractivity contribution >= 4 is 11.9 Å². The maximum atomic E-state index is 11.6. The van der Waals surface area contributed by atoms with Gasteiger partial charge in [-0.1, -0.05) is 0 Å². The van der Waals surface area contributed by atoms with E-state index in [-0.39, 0.29) is 12.0 Å². The minimum atomic E-state index is -0.573. The number of rotatable bonds is 6. The Labute approximate surface area is 134 Å². The fraction of sp³-hybridized carbons (Fsp3) is 0.438. The fourth-order valence-electron chi connectivity index (χ4n) is 2.05. The van der Waals surface area contributed by atoms with E-state index in [2.05, 4.69) is 15.0 Å². The van der Waals surface area contributed by atoms with Crippen LogP contribution in [0.25, 0.3) is 0 Å². The molecular weight excluding hydrogens is 300 g/mol. The van der Waals surface area contributed by atoms with Crippen LogP contribution in [-0.4, -0.2) is 43.3 Å². The molecular formula is C16H20N2O5. The first-order valence-corrected chi connectivity index (χ1v) is 7.40. The molecule has 0 spiro atoms. The largest absolute Gasteiger partial charge is 0.474 e. The van der Waals surface area contributed by atoms with Crippen LogP contribution >= 0.6 is 0 Å². The minimum absolute atomic E-state index is 0.115. The molecule has 2 heterocycles. The van der Waals surface area contributed by atoms with Crippen molar-refractivity contribution < 1.29 is 23.8 Å². The molecule has 0 aromatic carbocycles. The summed E-state index contributed by atoms with van der Waals surface area (Å²) in [6.45, 7) is 1.72. The summed E-state index contributed by atoms with van der Waals surface area (Å²) in [5.41, 5.74) is 0.863. The van der Waals surface area contributed by atoms with Gasteiger partial charge in [-0.2, -0.15) is 0 Å². The number of esters is 1. The summed E-state index contributed by atoms with van der Waals surface area (Å²) >= 11 is 0. The highest BCUT2D eigenvalue weighted by Crippen LogP contribution is 2.16. The predicted molar refractivity (Wildman–Crippen MR) is 81.7 cm³/mol. The van der Waals surface area contributed by atoms with Crippen LogP contribution in [-0.2, 0) is 25.6 Å². The molecule has 1 aliphatic heterocycles. The molecule has 1 aromatic rings. The molecule has 1 aromatic heterocycles. The van der Waals surface area contributed by atoms with Crippen LogP contribution in [0.15, 0.2) is 30.5 Å². The summed E-state index contributed by atoms with van der Waals surface area (Å²) in [5, 5.41) is 2.67. The fourth-order valence-corrected chi connectivity index (χ4v) is 2.05. The Morgan fingerprint density at radius 3 is 2.91 bits per heavy atom. The first kappa shape index (κ1) is 17.0. The average molecular weight is 320 g/mol. The van der Waals surface area contributed by atoms with Gasteiger partial charge in [0.25, 0.3) is 0 Å². The van der Waals surface area contributed by atoms with Crippen LogP contribution in [0.5, 0.6) is 5.88 Å². The lowest BCUT2D eigenvalue weighted by Gasteiger charge is -2.22. The quantitative estimate of drug-likeness (QED) is 0.621. The SMILES string of the molecule is COC(=O)/C=C/C(=O)NCc1ccnc(OC2CCOCC2)c1. The summed E-state index contributed by atoms with van der Waals surface area (Å²) in [7, 11) is 1.25. The van der Waals surface area contributed by atoms with E-state index in [1.54, 1.807) is 18.3 Å². The van der Waals surface area contributed by atoms with Crippen molar-refractivity contribution in [2.45, 2.75) is 25.5 Å². The normalized spacial score (nSPS) is 15.3. The van der Waals surface area contributed by atoms with Crippen molar-refractivity contribution in [3.8, 4) is 5.88 Å². The Bertz CT molecular complexity index is 567. The van der Waals surface area contributed by atoms with Crippen molar-refractivity contribution in [3.05, 3.63) is 36.0 Å². The van der Waals surface area contributed by atoms with E-state index >= 15 is 0 Å². The van der Waals surface area contributed by atoms with Crippen molar-refractivity contribution in [1.29, 1.82) is 0 Å². The van der Waals surface area contributed by atoms with Crippen molar-refractivity contribution in [2.75, 3.05) is 20.3 Å². The molecule has 0 atom stereocenters. The Hall–Kier alpha value is -2.41. The van der Waals surface area contributed by atoms with Crippen LogP contribution in [0.4, 0.5) is 0 Å². The lowest BCUT2D eigenvalue weighted by molar-refractivity contribution is -0.135.